The lowest BCUT2D eigenvalue weighted by Crippen LogP contribution is -2.32. The largest absolute Gasteiger partial charge is 0.213 e. The van der Waals surface area contributed by atoms with E-state index in [9.17, 15) is 4.39 Å². The minimum atomic E-state index is -0.0427. The minimum absolute atomic E-state index is 0.0427. The van der Waals surface area contributed by atoms with Crippen LogP contribution in [0.1, 0.15) is 48.3 Å². The summed E-state index contributed by atoms with van der Waals surface area (Å²) < 4.78 is 16.9. The summed E-state index contributed by atoms with van der Waals surface area (Å²) in [6, 6.07) is 14.5. The van der Waals surface area contributed by atoms with E-state index in [0.717, 1.165) is 29.3 Å². The molecule has 25 heavy (non-hydrogen) atoms. The van der Waals surface area contributed by atoms with Crippen LogP contribution in [-0.4, -0.2) is 0 Å². The lowest BCUT2D eigenvalue weighted by molar-refractivity contribution is -0.633. The zero-order valence-corrected chi connectivity index (χ0v) is 15.3. The van der Waals surface area contributed by atoms with Crippen LogP contribution in [0, 0.1) is 19.7 Å². The fourth-order valence-corrected chi connectivity index (χ4v) is 4.26. The van der Waals surface area contributed by atoms with Crippen LogP contribution in [0.15, 0.2) is 42.5 Å². The first-order valence-corrected chi connectivity index (χ1v) is 9.24. The van der Waals surface area contributed by atoms with Crippen LogP contribution in [0.4, 0.5) is 4.39 Å². The first-order valence-electron chi connectivity index (χ1n) is 9.24. The number of hydrogen-bond acceptors (Lipinski definition) is 0. The van der Waals surface area contributed by atoms with Crippen molar-refractivity contribution in [3.63, 3.8) is 0 Å². The van der Waals surface area contributed by atoms with E-state index in [1.54, 1.807) is 6.07 Å². The predicted octanol–water partition coefficient (Wildman–Crippen LogP) is 5.74. The van der Waals surface area contributed by atoms with E-state index in [4.69, 9.17) is 0 Å². The van der Waals surface area contributed by atoms with Crippen LogP contribution < -0.4 is 4.57 Å². The molecule has 0 N–H and O–H groups in total. The van der Waals surface area contributed by atoms with Crippen molar-refractivity contribution in [3.05, 3.63) is 65.0 Å². The molecule has 1 nitrogen and oxygen atoms in total. The highest BCUT2D eigenvalue weighted by atomic mass is 19.1. The third-order valence-corrected chi connectivity index (χ3v) is 5.75. The predicted molar refractivity (Wildman–Crippen MR) is 101 cm³/mol. The molecule has 1 saturated carbocycles. The van der Waals surface area contributed by atoms with Gasteiger partial charge in [0.15, 0.2) is 0 Å². The number of halogens is 1. The first-order chi connectivity index (χ1) is 12.0. The third-order valence-electron chi connectivity index (χ3n) is 5.75. The molecule has 0 radical (unpaired) electrons. The van der Waals surface area contributed by atoms with Gasteiger partial charge in [0.25, 0.3) is 0 Å². The van der Waals surface area contributed by atoms with E-state index in [-0.39, 0.29) is 5.82 Å². The van der Waals surface area contributed by atoms with Crippen molar-refractivity contribution in [2.45, 2.75) is 45.4 Å². The molecule has 4 rings (SSSR count). The highest BCUT2D eigenvalue weighted by Crippen LogP contribution is 2.36. The second kappa shape index (κ2) is 6.25. The van der Waals surface area contributed by atoms with Crippen LogP contribution in [0.5, 0.6) is 0 Å². The van der Waals surface area contributed by atoms with E-state index in [1.807, 2.05) is 6.07 Å². The topological polar surface area (TPSA) is 3.88 Å². The number of fused-ring (bicyclic) bond motifs is 1. The number of benzene rings is 2. The van der Waals surface area contributed by atoms with Gasteiger partial charge in [-0.05, 0) is 61.9 Å². The van der Waals surface area contributed by atoms with E-state index in [0.29, 0.717) is 5.92 Å². The summed E-state index contributed by atoms with van der Waals surface area (Å²) in [5.41, 5.74) is 6.96. The molecule has 0 aliphatic heterocycles. The SMILES string of the molecule is Cc1ccc(C)c(-c2ccc3cc(F)c(C4CCCC4)cc3[n+]2C)c1. The van der Waals surface area contributed by atoms with Gasteiger partial charge in [-0.25, -0.2) is 4.39 Å². The molecule has 2 heteroatoms. The van der Waals surface area contributed by atoms with Gasteiger partial charge in [0.05, 0.1) is 0 Å². The first kappa shape index (κ1) is 16.3. The van der Waals surface area contributed by atoms with Gasteiger partial charge in [0, 0.05) is 23.1 Å². The van der Waals surface area contributed by atoms with Gasteiger partial charge in [-0.2, -0.15) is 4.57 Å². The van der Waals surface area contributed by atoms with Crippen molar-refractivity contribution in [2.24, 2.45) is 7.05 Å². The Morgan fingerprint density at radius 3 is 2.48 bits per heavy atom. The minimum Gasteiger partial charge on any atom is -0.207 e. The second-order valence-electron chi connectivity index (χ2n) is 7.51. The smallest absolute Gasteiger partial charge is 0.207 e. The van der Waals surface area contributed by atoms with Crippen LogP contribution in [0.25, 0.3) is 22.2 Å². The lowest BCUT2D eigenvalue weighted by atomic mass is 9.95. The molecule has 1 aliphatic rings. The molecule has 1 heterocycles. The molecule has 2 aromatic carbocycles. The summed E-state index contributed by atoms with van der Waals surface area (Å²) in [6.07, 6.45) is 4.67. The Morgan fingerprint density at radius 2 is 1.72 bits per heavy atom. The Balaban J connectivity index is 1.92. The Hall–Kier alpha value is -2.22. The normalized spacial score (nSPS) is 15.2. The molecule has 0 saturated heterocycles. The Morgan fingerprint density at radius 1 is 0.960 bits per heavy atom. The molecule has 1 aromatic heterocycles. The van der Waals surface area contributed by atoms with Crippen molar-refractivity contribution in [1.29, 1.82) is 0 Å². The molecule has 0 amide bonds. The number of nitrogens with zero attached hydrogens (tertiary/aromatic N) is 1. The highest BCUT2D eigenvalue weighted by Gasteiger charge is 2.24. The molecule has 1 fully saturated rings. The summed E-state index contributed by atoms with van der Waals surface area (Å²) in [6.45, 7) is 4.27. The molecular weight excluding hydrogens is 309 g/mol. The summed E-state index contributed by atoms with van der Waals surface area (Å²) >= 11 is 0. The van der Waals surface area contributed by atoms with E-state index in [1.165, 1.54) is 35.2 Å². The van der Waals surface area contributed by atoms with Crippen LogP contribution >= 0.6 is 0 Å². The molecule has 0 atom stereocenters. The monoisotopic (exact) mass is 334 g/mol. The highest BCUT2D eigenvalue weighted by molar-refractivity contribution is 5.79. The zero-order chi connectivity index (χ0) is 17.6. The molecule has 128 valence electrons. The van der Waals surface area contributed by atoms with Gasteiger partial charge in [0.1, 0.15) is 12.9 Å². The van der Waals surface area contributed by atoms with E-state index in [2.05, 4.69) is 55.8 Å². The average molecular weight is 334 g/mol. The van der Waals surface area contributed by atoms with Crippen LogP contribution in [0.3, 0.4) is 0 Å². The van der Waals surface area contributed by atoms with Gasteiger partial charge < -0.3 is 0 Å². The third kappa shape index (κ3) is 2.84. The maximum absolute atomic E-state index is 14.6. The quantitative estimate of drug-likeness (QED) is 0.526. The summed E-state index contributed by atoms with van der Waals surface area (Å²) in [5.74, 6) is 0.340. The van der Waals surface area contributed by atoms with E-state index >= 15 is 0 Å². The molecule has 1 aliphatic carbocycles. The van der Waals surface area contributed by atoms with Crippen molar-refractivity contribution in [1.82, 2.24) is 0 Å². The van der Waals surface area contributed by atoms with Gasteiger partial charge in [-0.1, -0.05) is 30.5 Å². The van der Waals surface area contributed by atoms with Crippen molar-refractivity contribution >= 4 is 10.9 Å². The second-order valence-corrected chi connectivity index (χ2v) is 7.51. The molecule has 0 bridgehead atoms. The van der Waals surface area contributed by atoms with Crippen LogP contribution in [0.2, 0.25) is 0 Å². The maximum Gasteiger partial charge on any atom is 0.213 e. The Kier molecular flexibility index (Phi) is 4.07. The van der Waals surface area contributed by atoms with Gasteiger partial charge in [0.2, 0.25) is 11.2 Å². The van der Waals surface area contributed by atoms with Gasteiger partial charge >= 0.3 is 0 Å². The number of aromatic nitrogens is 1. The van der Waals surface area contributed by atoms with Gasteiger partial charge in [-0.3, -0.25) is 0 Å². The zero-order valence-electron chi connectivity index (χ0n) is 15.3. The lowest BCUT2D eigenvalue weighted by Gasteiger charge is -2.12. The fraction of sp³-hybridized carbons (Fsp3) is 0.348. The number of rotatable bonds is 2. The molecular formula is C23H25FN+. The fourth-order valence-electron chi connectivity index (χ4n) is 4.26. The summed E-state index contributed by atoms with van der Waals surface area (Å²) in [4.78, 5) is 0. The molecule has 0 spiro atoms. The van der Waals surface area contributed by atoms with Gasteiger partial charge in [-0.15, -0.1) is 0 Å². The number of aryl methyl sites for hydroxylation is 3. The molecule has 3 aromatic rings. The number of hydrogen-bond donors (Lipinski definition) is 0. The van der Waals surface area contributed by atoms with Crippen molar-refractivity contribution < 1.29 is 8.96 Å². The average Bonchev–Trinajstić information content (AvgIpc) is 3.12. The van der Waals surface area contributed by atoms with Crippen LogP contribution in [-0.2, 0) is 7.05 Å². The number of pyridine rings is 1. The molecule has 0 unspecified atom stereocenters. The Bertz CT molecular complexity index is 952. The van der Waals surface area contributed by atoms with Crippen molar-refractivity contribution in [2.75, 3.05) is 0 Å². The summed E-state index contributed by atoms with van der Waals surface area (Å²) in [7, 11) is 2.09. The summed E-state index contributed by atoms with van der Waals surface area (Å²) in [5, 5.41) is 0.968. The van der Waals surface area contributed by atoms with E-state index < -0.39 is 0 Å². The standard InChI is InChI=1S/C23H25FN/c1-15-8-9-16(2)19(12-15)22-11-10-18-13-21(24)20(14-23(18)25(22)3)17-6-4-5-7-17/h8-14,17H,4-7H2,1-3H3/q+1. The van der Waals surface area contributed by atoms with Crippen molar-refractivity contribution in [3.8, 4) is 11.3 Å². The maximum atomic E-state index is 14.6. The Labute approximate surface area is 149 Å².